The zero-order valence-electron chi connectivity index (χ0n) is 18.2. The van der Waals surface area contributed by atoms with Crippen molar-refractivity contribution in [1.82, 2.24) is 0 Å². The second-order valence-electron chi connectivity index (χ2n) is 7.15. The Morgan fingerprint density at radius 1 is 0.971 bits per heavy atom. The van der Waals surface area contributed by atoms with Crippen LogP contribution in [0.15, 0.2) is 65.6 Å². The molecule has 0 saturated carbocycles. The van der Waals surface area contributed by atoms with Crippen molar-refractivity contribution in [2.24, 2.45) is 0 Å². The Kier molecular flexibility index (Phi) is 7.68. The lowest BCUT2D eigenvalue weighted by Crippen LogP contribution is -2.27. The second-order valence-corrected chi connectivity index (χ2v) is 9.67. The monoisotopic (exact) mass is 531 g/mol. The van der Waals surface area contributed by atoms with Gasteiger partial charge >= 0.3 is 0 Å². The molecule has 3 aromatic rings. The Morgan fingerprint density at radius 3 is 2.41 bits per heavy atom. The summed E-state index contributed by atoms with van der Waals surface area (Å²) in [7, 11) is 3.15. The van der Waals surface area contributed by atoms with E-state index in [1.807, 2.05) is 12.1 Å². The van der Waals surface area contributed by atoms with Gasteiger partial charge in [-0.05, 0) is 60.2 Å². The zero-order chi connectivity index (χ0) is 24.2. The topological polar surface area (TPSA) is 48.0 Å². The molecule has 0 bridgehead atoms. The molecule has 0 spiro atoms. The van der Waals surface area contributed by atoms with Gasteiger partial charge in [-0.25, -0.2) is 0 Å². The first kappa shape index (κ1) is 24.4. The number of rotatable bonds is 7. The molecule has 0 atom stereocenters. The van der Waals surface area contributed by atoms with Crippen molar-refractivity contribution in [2.75, 3.05) is 19.1 Å². The third kappa shape index (κ3) is 5.33. The molecule has 1 heterocycles. The minimum atomic E-state index is -0.183. The molecule has 9 heteroatoms. The Bertz CT molecular complexity index is 1280. The molecule has 1 fully saturated rings. The van der Waals surface area contributed by atoms with Gasteiger partial charge in [0.15, 0.2) is 15.8 Å². The van der Waals surface area contributed by atoms with Gasteiger partial charge in [-0.3, -0.25) is 9.69 Å². The SMILES string of the molecule is COc1ccc(N2C(=O)/C(=C/c3ccc(OCc4ccc(Cl)cc4Cl)c(OC)c3)SC2=S)cc1. The van der Waals surface area contributed by atoms with Crippen LogP contribution in [0.2, 0.25) is 10.0 Å². The average molecular weight is 532 g/mol. The highest BCUT2D eigenvalue weighted by Gasteiger charge is 2.33. The van der Waals surface area contributed by atoms with E-state index in [2.05, 4.69) is 0 Å². The van der Waals surface area contributed by atoms with Crippen LogP contribution in [0.25, 0.3) is 6.08 Å². The van der Waals surface area contributed by atoms with Crippen LogP contribution in [0.5, 0.6) is 17.2 Å². The number of anilines is 1. The number of carbonyl (C=O) groups is 1. The first-order valence-electron chi connectivity index (χ1n) is 10.1. The van der Waals surface area contributed by atoms with Crippen LogP contribution in [0.4, 0.5) is 5.69 Å². The molecule has 4 rings (SSSR count). The smallest absolute Gasteiger partial charge is 0.270 e. The fourth-order valence-electron chi connectivity index (χ4n) is 3.26. The standard InChI is InChI=1S/C25H19Cl2NO4S2/c1-30-19-8-6-18(7-9-19)28-24(29)23(34-25(28)33)12-15-3-10-21(22(11-15)31-2)32-14-16-4-5-17(26)13-20(16)27/h3-13H,14H2,1-2H3/b23-12-. The van der Waals surface area contributed by atoms with E-state index in [0.717, 1.165) is 11.1 Å². The van der Waals surface area contributed by atoms with Crippen molar-refractivity contribution in [3.63, 3.8) is 0 Å². The molecule has 0 N–H and O–H groups in total. The lowest BCUT2D eigenvalue weighted by atomic mass is 10.1. The minimum absolute atomic E-state index is 0.183. The average Bonchev–Trinajstić information content (AvgIpc) is 3.11. The van der Waals surface area contributed by atoms with E-state index in [-0.39, 0.29) is 12.5 Å². The maximum Gasteiger partial charge on any atom is 0.270 e. The molecule has 1 aliphatic rings. The van der Waals surface area contributed by atoms with Crippen LogP contribution in [0, 0.1) is 0 Å². The summed E-state index contributed by atoms with van der Waals surface area (Å²) in [5.41, 5.74) is 2.28. The van der Waals surface area contributed by atoms with Crippen molar-refractivity contribution < 1.29 is 19.0 Å². The van der Waals surface area contributed by atoms with E-state index < -0.39 is 0 Å². The van der Waals surface area contributed by atoms with Gasteiger partial charge in [-0.15, -0.1) is 0 Å². The predicted octanol–water partition coefficient (Wildman–Crippen LogP) is 7.00. The van der Waals surface area contributed by atoms with Gasteiger partial charge in [0, 0.05) is 15.6 Å². The second kappa shape index (κ2) is 10.7. The summed E-state index contributed by atoms with van der Waals surface area (Å²) >= 11 is 18.9. The maximum absolute atomic E-state index is 13.1. The molecule has 1 aliphatic heterocycles. The Balaban J connectivity index is 1.52. The number of amides is 1. The van der Waals surface area contributed by atoms with Crippen LogP contribution in [-0.2, 0) is 11.4 Å². The summed E-state index contributed by atoms with van der Waals surface area (Å²) in [6.07, 6.45) is 1.78. The van der Waals surface area contributed by atoms with Crippen LogP contribution < -0.4 is 19.1 Å². The van der Waals surface area contributed by atoms with E-state index in [1.54, 1.807) is 68.8 Å². The predicted molar refractivity (Wildman–Crippen MR) is 142 cm³/mol. The van der Waals surface area contributed by atoms with Gasteiger partial charge < -0.3 is 14.2 Å². The quantitative estimate of drug-likeness (QED) is 0.241. The molecule has 1 amide bonds. The summed E-state index contributed by atoms with van der Waals surface area (Å²) in [6, 6.07) is 17.9. The highest BCUT2D eigenvalue weighted by molar-refractivity contribution is 8.27. The summed E-state index contributed by atoms with van der Waals surface area (Å²) in [5.74, 6) is 1.61. The molecule has 174 valence electrons. The number of hydrogen-bond donors (Lipinski definition) is 0. The molecular formula is C25H19Cl2NO4S2. The molecule has 0 aromatic heterocycles. The number of thioether (sulfide) groups is 1. The molecule has 0 aliphatic carbocycles. The largest absolute Gasteiger partial charge is 0.497 e. The zero-order valence-corrected chi connectivity index (χ0v) is 21.4. The molecule has 34 heavy (non-hydrogen) atoms. The van der Waals surface area contributed by atoms with E-state index in [0.29, 0.717) is 42.2 Å². The summed E-state index contributed by atoms with van der Waals surface area (Å²) in [6.45, 7) is 0.256. The summed E-state index contributed by atoms with van der Waals surface area (Å²) in [5, 5.41) is 1.09. The Hall–Kier alpha value is -2.71. The van der Waals surface area contributed by atoms with Gasteiger partial charge in [0.1, 0.15) is 12.4 Å². The number of halogens is 2. The van der Waals surface area contributed by atoms with Gasteiger partial charge in [-0.1, -0.05) is 59.3 Å². The number of methoxy groups -OCH3 is 2. The number of carbonyl (C=O) groups excluding carboxylic acids is 1. The maximum atomic E-state index is 13.1. The molecule has 0 unspecified atom stereocenters. The Morgan fingerprint density at radius 2 is 1.74 bits per heavy atom. The number of benzene rings is 3. The molecular weight excluding hydrogens is 513 g/mol. The normalized spacial score (nSPS) is 14.6. The third-order valence-corrected chi connectivity index (χ3v) is 6.90. The van der Waals surface area contributed by atoms with Gasteiger partial charge in [-0.2, -0.15) is 0 Å². The summed E-state index contributed by atoms with van der Waals surface area (Å²) in [4.78, 5) is 15.1. The fourth-order valence-corrected chi connectivity index (χ4v) is 5.02. The van der Waals surface area contributed by atoms with E-state index in [1.165, 1.54) is 16.7 Å². The minimum Gasteiger partial charge on any atom is -0.497 e. The highest BCUT2D eigenvalue weighted by atomic mass is 35.5. The highest BCUT2D eigenvalue weighted by Crippen LogP contribution is 2.38. The molecule has 0 radical (unpaired) electrons. The van der Waals surface area contributed by atoms with E-state index >= 15 is 0 Å². The first-order chi connectivity index (χ1) is 16.4. The third-order valence-electron chi connectivity index (χ3n) is 5.01. The number of ether oxygens (including phenoxy) is 3. The lowest BCUT2D eigenvalue weighted by Gasteiger charge is -2.14. The van der Waals surface area contributed by atoms with Crippen LogP contribution in [0.1, 0.15) is 11.1 Å². The fraction of sp³-hybridized carbons (Fsp3) is 0.120. The Labute approximate surface area is 217 Å². The van der Waals surface area contributed by atoms with E-state index in [4.69, 9.17) is 49.6 Å². The lowest BCUT2D eigenvalue weighted by molar-refractivity contribution is -0.113. The number of hydrogen-bond acceptors (Lipinski definition) is 6. The van der Waals surface area contributed by atoms with Crippen LogP contribution in [0.3, 0.4) is 0 Å². The van der Waals surface area contributed by atoms with Gasteiger partial charge in [0.25, 0.3) is 5.91 Å². The van der Waals surface area contributed by atoms with Crippen LogP contribution >= 0.6 is 47.2 Å². The molecule has 5 nitrogen and oxygen atoms in total. The van der Waals surface area contributed by atoms with Gasteiger partial charge in [0.05, 0.1) is 24.8 Å². The van der Waals surface area contributed by atoms with Crippen molar-refractivity contribution in [3.8, 4) is 17.2 Å². The number of thiocarbonyl (C=S) groups is 1. The van der Waals surface area contributed by atoms with E-state index in [9.17, 15) is 4.79 Å². The van der Waals surface area contributed by atoms with Gasteiger partial charge in [0.2, 0.25) is 0 Å². The van der Waals surface area contributed by atoms with Crippen molar-refractivity contribution in [3.05, 3.63) is 86.7 Å². The summed E-state index contributed by atoms with van der Waals surface area (Å²) < 4.78 is 17.1. The van der Waals surface area contributed by atoms with Crippen LogP contribution in [-0.4, -0.2) is 24.4 Å². The molecule has 1 saturated heterocycles. The van der Waals surface area contributed by atoms with Crippen molar-refractivity contribution >= 4 is 69.2 Å². The first-order valence-corrected chi connectivity index (χ1v) is 12.0. The number of nitrogens with zero attached hydrogens (tertiary/aromatic N) is 1. The van der Waals surface area contributed by atoms with Crippen molar-refractivity contribution in [1.29, 1.82) is 0 Å². The molecule has 3 aromatic carbocycles. The van der Waals surface area contributed by atoms with Crippen molar-refractivity contribution in [2.45, 2.75) is 6.61 Å².